The maximum Gasteiger partial charge on any atom is 0.274 e. The van der Waals surface area contributed by atoms with Crippen LogP contribution < -0.4 is 14.8 Å². The highest BCUT2D eigenvalue weighted by atomic mass is 32.2. The highest BCUT2D eigenvalue weighted by Gasteiger charge is 2.35. The van der Waals surface area contributed by atoms with Crippen molar-refractivity contribution in [2.24, 2.45) is 0 Å². The molecule has 2 aliphatic heterocycles. The van der Waals surface area contributed by atoms with Crippen molar-refractivity contribution in [3.8, 4) is 22.8 Å². The first-order chi connectivity index (χ1) is 13.9. The lowest BCUT2D eigenvalue weighted by atomic mass is 10.1. The Morgan fingerprint density at radius 1 is 1.10 bits per heavy atom. The highest BCUT2D eigenvalue weighted by Crippen LogP contribution is 2.35. The smallest absolute Gasteiger partial charge is 0.274 e. The number of hydrogen-bond donors (Lipinski definition) is 1. The van der Waals surface area contributed by atoms with Gasteiger partial charge in [0.25, 0.3) is 5.91 Å². The number of fused-ring (bicyclic) bond motifs is 2. The van der Waals surface area contributed by atoms with Crippen LogP contribution in [0.3, 0.4) is 0 Å². The molecule has 1 N–H and O–H groups in total. The molecule has 2 aliphatic rings. The van der Waals surface area contributed by atoms with Crippen LogP contribution >= 0.6 is 0 Å². The number of benzene rings is 2. The fourth-order valence-corrected chi connectivity index (χ4v) is 4.74. The van der Waals surface area contributed by atoms with Crippen LogP contribution in [-0.4, -0.2) is 36.4 Å². The van der Waals surface area contributed by atoms with Gasteiger partial charge in [-0.2, -0.15) is 0 Å². The number of carbonyl (C=O) groups is 1. The van der Waals surface area contributed by atoms with E-state index in [9.17, 15) is 17.6 Å². The molecule has 0 saturated heterocycles. The van der Waals surface area contributed by atoms with Gasteiger partial charge < -0.3 is 19.4 Å². The second-order valence-corrected chi connectivity index (χ2v) is 8.59. The number of nitrogens with zero attached hydrogens (tertiary/aromatic N) is 2. The average molecular weight is 415 g/mol. The summed E-state index contributed by atoms with van der Waals surface area (Å²) >= 11 is 0. The van der Waals surface area contributed by atoms with Gasteiger partial charge in [0.15, 0.2) is 11.5 Å². The molecule has 8 nitrogen and oxygen atoms in total. The van der Waals surface area contributed by atoms with E-state index in [1.54, 1.807) is 18.2 Å². The molecule has 0 aliphatic carbocycles. The summed E-state index contributed by atoms with van der Waals surface area (Å²) in [5.41, 5.74) is 1.19. The van der Waals surface area contributed by atoms with Gasteiger partial charge in [0, 0.05) is 23.9 Å². The van der Waals surface area contributed by atoms with E-state index in [1.807, 2.05) is 0 Å². The minimum atomic E-state index is -3.58. The van der Waals surface area contributed by atoms with Crippen LogP contribution in [0.1, 0.15) is 10.5 Å². The summed E-state index contributed by atoms with van der Waals surface area (Å²) in [6.07, 6.45) is 0. The van der Waals surface area contributed by atoms with Crippen LogP contribution in [0.15, 0.2) is 47.6 Å². The maximum absolute atomic E-state index is 13.3. The maximum atomic E-state index is 13.3. The minimum Gasteiger partial charge on any atom is -0.454 e. The Hall–Kier alpha value is -3.40. The SMILES string of the molecule is O=C(Nc1ccc2c(c1)OCO2)c1c(-c2ccc(F)cc2)nc2n1CCS2(=O)=O. The second-order valence-electron chi connectivity index (χ2n) is 6.59. The van der Waals surface area contributed by atoms with Gasteiger partial charge in [0.1, 0.15) is 17.2 Å². The number of ether oxygens (including phenoxy) is 2. The number of rotatable bonds is 3. The number of carbonyl (C=O) groups excluding carboxylic acids is 1. The van der Waals surface area contributed by atoms with Crippen molar-refractivity contribution in [1.82, 2.24) is 9.55 Å². The molecule has 10 heteroatoms. The topological polar surface area (TPSA) is 99.5 Å². The molecule has 0 unspecified atom stereocenters. The third-order valence-corrected chi connectivity index (χ3v) is 6.35. The quantitative estimate of drug-likeness (QED) is 0.706. The Bertz CT molecular complexity index is 1250. The molecule has 29 heavy (non-hydrogen) atoms. The van der Waals surface area contributed by atoms with E-state index in [0.29, 0.717) is 22.7 Å². The molecule has 3 heterocycles. The molecular formula is C19H14FN3O5S. The lowest BCUT2D eigenvalue weighted by Gasteiger charge is -2.09. The van der Waals surface area contributed by atoms with Crippen LogP contribution in [0.4, 0.5) is 10.1 Å². The van der Waals surface area contributed by atoms with Gasteiger partial charge in [-0.25, -0.2) is 17.8 Å². The summed E-state index contributed by atoms with van der Waals surface area (Å²) in [5.74, 6) is -0.0175. The zero-order chi connectivity index (χ0) is 20.2. The molecule has 148 valence electrons. The van der Waals surface area contributed by atoms with Gasteiger partial charge in [-0.1, -0.05) is 0 Å². The first kappa shape index (κ1) is 17.7. The number of imidazole rings is 1. The van der Waals surface area contributed by atoms with Crippen molar-refractivity contribution >= 4 is 21.4 Å². The standard InChI is InChI=1S/C19H14FN3O5S/c20-12-3-1-11(2-4-12)16-17(23-7-8-29(25,26)19(23)22-16)18(24)21-13-5-6-14-15(9-13)28-10-27-14/h1-6,9H,7-8,10H2,(H,21,24). The largest absolute Gasteiger partial charge is 0.454 e. The molecule has 1 amide bonds. The fourth-order valence-electron chi connectivity index (χ4n) is 3.38. The Kier molecular flexibility index (Phi) is 3.85. The summed E-state index contributed by atoms with van der Waals surface area (Å²) in [6.45, 7) is 0.227. The van der Waals surface area contributed by atoms with Gasteiger partial charge in [0.2, 0.25) is 21.8 Å². The van der Waals surface area contributed by atoms with Crippen molar-refractivity contribution in [2.45, 2.75) is 11.7 Å². The molecule has 0 saturated carbocycles. The molecule has 1 aromatic heterocycles. The number of amides is 1. The van der Waals surface area contributed by atoms with E-state index < -0.39 is 21.6 Å². The number of nitrogens with one attached hydrogen (secondary N) is 1. The summed E-state index contributed by atoms with van der Waals surface area (Å²) < 4.78 is 49.9. The molecular weight excluding hydrogens is 401 g/mol. The summed E-state index contributed by atoms with van der Waals surface area (Å²) in [6, 6.07) is 10.3. The fraction of sp³-hybridized carbons (Fsp3) is 0.158. The summed E-state index contributed by atoms with van der Waals surface area (Å²) in [5, 5.41) is 2.59. The van der Waals surface area contributed by atoms with E-state index in [2.05, 4.69) is 10.3 Å². The third kappa shape index (κ3) is 2.92. The van der Waals surface area contributed by atoms with Crippen molar-refractivity contribution in [3.63, 3.8) is 0 Å². The lowest BCUT2D eigenvalue weighted by Crippen LogP contribution is -2.17. The summed E-state index contributed by atoms with van der Waals surface area (Å²) in [7, 11) is -3.58. The number of anilines is 1. The van der Waals surface area contributed by atoms with E-state index >= 15 is 0 Å². The van der Waals surface area contributed by atoms with Gasteiger partial charge in [-0.3, -0.25) is 4.79 Å². The van der Waals surface area contributed by atoms with Crippen molar-refractivity contribution in [3.05, 3.63) is 54.0 Å². The molecule has 0 bridgehead atoms. The van der Waals surface area contributed by atoms with E-state index in [0.717, 1.165) is 0 Å². The third-order valence-electron chi connectivity index (χ3n) is 4.76. The molecule has 5 rings (SSSR count). The normalized spacial score (nSPS) is 15.9. The first-order valence-corrected chi connectivity index (χ1v) is 10.4. The van der Waals surface area contributed by atoms with E-state index in [-0.39, 0.29) is 35.6 Å². The van der Waals surface area contributed by atoms with E-state index in [1.165, 1.54) is 28.8 Å². The van der Waals surface area contributed by atoms with Gasteiger partial charge in [-0.05, 0) is 36.4 Å². The van der Waals surface area contributed by atoms with Crippen LogP contribution in [0.2, 0.25) is 0 Å². The molecule has 0 spiro atoms. The molecule has 2 aromatic carbocycles. The molecule has 0 fully saturated rings. The first-order valence-electron chi connectivity index (χ1n) is 8.72. The highest BCUT2D eigenvalue weighted by molar-refractivity contribution is 7.91. The predicted molar refractivity (Wildman–Crippen MR) is 100 cm³/mol. The molecule has 0 radical (unpaired) electrons. The number of aromatic nitrogens is 2. The van der Waals surface area contributed by atoms with Crippen molar-refractivity contribution in [1.29, 1.82) is 0 Å². The molecule has 3 aromatic rings. The minimum absolute atomic E-state index is 0.102. The average Bonchev–Trinajstić information content (AvgIpc) is 3.37. The van der Waals surface area contributed by atoms with Gasteiger partial charge in [0.05, 0.1) is 5.75 Å². The van der Waals surface area contributed by atoms with Crippen molar-refractivity contribution in [2.75, 3.05) is 17.9 Å². The Morgan fingerprint density at radius 2 is 1.86 bits per heavy atom. The zero-order valence-corrected chi connectivity index (χ0v) is 15.7. The molecule has 0 atom stereocenters. The Balaban J connectivity index is 1.58. The summed E-state index contributed by atoms with van der Waals surface area (Å²) in [4.78, 5) is 17.3. The van der Waals surface area contributed by atoms with Crippen LogP contribution in [0.5, 0.6) is 11.5 Å². The van der Waals surface area contributed by atoms with Crippen LogP contribution in [-0.2, 0) is 16.4 Å². The number of hydrogen-bond acceptors (Lipinski definition) is 6. The van der Waals surface area contributed by atoms with Gasteiger partial charge >= 0.3 is 0 Å². The Morgan fingerprint density at radius 3 is 2.66 bits per heavy atom. The number of sulfone groups is 1. The van der Waals surface area contributed by atoms with Crippen LogP contribution in [0, 0.1) is 5.82 Å². The Labute approximate surface area is 164 Å². The van der Waals surface area contributed by atoms with E-state index in [4.69, 9.17) is 9.47 Å². The second kappa shape index (κ2) is 6.31. The number of halogens is 1. The van der Waals surface area contributed by atoms with Crippen molar-refractivity contribution < 1.29 is 27.1 Å². The zero-order valence-electron chi connectivity index (χ0n) is 14.9. The lowest BCUT2D eigenvalue weighted by molar-refractivity contribution is 0.101. The van der Waals surface area contributed by atoms with Gasteiger partial charge in [-0.15, -0.1) is 0 Å². The monoisotopic (exact) mass is 415 g/mol. The predicted octanol–water partition coefficient (Wildman–Crippen LogP) is 2.46. The van der Waals surface area contributed by atoms with Crippen LogP contribution in [0.25, 0.3) is 11.3 Å².